The van der Waals surface area contributed by atoms with E-state index in [1.807, 2.05) is 32.0 Å². The molecule has 0 aliphatic rings. The van der Waals surface area contributed by atoms with Gasteiger partial charge in [-0.3, -0.25) is 9.59 Å². The minimum atomic E-state index is -0.261. The molecule has 0 saturated heterocycles. The quantitative estimate of drug-likeness (QED) is 0.808. The minimum absolute atomic E-state index is 0.0763. The average Bonchev–Trinajstić information content (AvgIpc) is 3.08. The lowest BCUT2D eigenvalue weighted by molar-refractivity contribution is 0.0728. The van der Waals surface area contributed by atoms with Crippen molar-refractivity contribution < 1.29 is 14.0 Å². The van der Waals surface area contributed by atoms with Crippen molar-refractivity contribution in [2.45, 2.75) is 33.2 Å². The molecular weight excluding hydrogens is 306 g/mol. The van der Waals surface area contributed by atoms with E-state index in [1.165, 1.54) is 6.26 Å². The summed E-state index contributed by atoms with van der Waals surface area (Å²) in [5, 5.41) is 2.75. The van der Waals surface area contributed by atoms with Gasteiger partial charge in [0.1, 0.15) is 6.26 Å². The van der Waals surface area contributed by atoms with Crippen LogP contribution in [-0.4, -0.2) is 34.8 Å². The molecule has 0 atom stereocenters. The first kappa shape index (κ1) is 17.7. The summed E-state index contributed by atoms with van der Waals surface area (Å²) in [6.07, 6.45) is 3.01. The van der Waals surface area contributed by atoms with Crippen LogP contribution < -0.4 is 5.32 Å². The van der Waals surface area contributed by atoms with Gasteiger partial charge in [-0.05, 0) is 25.0 Å². The van der Waals surface area contributed by atoms with E-state index in [1.54, 1.807) is 17.0 Å². The molecule has 24 heavy (non-hydrogen) atoms. The summed E-state index contributed by atoms with van der Waals surface area (Å²) in [7, 11) is 0. The molecule has 0 bridgehead atoms. The molecule has 0 aliphatic heterocycles. The Morgan fingerprint density at radius 3 is 2.58 bits per heavy atom. The van der Waals surface area contributed by atoms with Gasteiger partial charge in [-0.15, -0.1) is 0 Å². The molecule has 2 amide bonds. The zero-order valence-electron chi connectivity index (χ0n) is 14.1. The maximum atomic E-state index is 12.6. The topological polar surface area (TPSA) is 75.4 Å². The Bertz CT molecular complexity index is 667. The maximum absolute atomic E-state index is 12.6. The molecule has 0 spiro atoms. The molecule has 0 saturated carbocycles. The normalized spacial score (nSPS) is 10.4. The van der Waals surface area contributed by atoms with Gasteiger partial charge in [-0.25, -0.2) is 4.98 Å². The third kappa shape index (κ3) is 4.68. The summed E-state index contributed by atoms with van der Waals surface area (Å²) < 4.78 is 5.36. The van der Waals surface area contributed by atoms with Gasteiger partial charge in [0.05, 0.1) is 6.54 Å². The van der Waals surface area contributed by atoms with E-state index < -0.39 is 0 Å². The third-order valence-electron chi connectivity index (χ3n) is 3.45. The summed E-state index contributed by atoms with van der Waals surface area (Å²) >= 11 is 0. The van der Waals surface area contributed by atoms with Crippen molar-refractivity contribution >= 4 is 11.8 Å². The van der Waals surface area contributed by atoms with Crippen LogP contribution in [0.1, 0.15) is 53.4 Å². The molecule has 0 fully saturated rings. The molecular formula is C18H23N3O3. The highest BCUT2D eigenvalue weighted by Gasteiger charge is 2.19. The first-order valence-corrected chi connectivity index (χ1v) is 8.22. The molecule has 6 heteroatoms. The standard InChI is InChI=1S/C18H23N3O3/c1-3-10-19-17(22)15-13-24-16(20-15)12-21(11-4-2)18(23)14-8-6-5-7-9-14/h5-9,13H,3-4,10-12H2,1-2H3,(H,19,22). The SMILES string of the molecule is CCCNC(=O)c1coc(CN(CCC)C(=O)c2ccccc2)n1. The predicted molar refractivity (Wildman–Crippen MR) is 90.6 cm³/mol. The summed E-state index contributed by atoms with van der Waals surface area (Å²) in [4.78, 5) is 30.3. The number of carbonyl (C=O) groups is 2. The van der Waals surface area contributed by atoms with Crippen molar-refractivity contribution in [1.29, 1.82) is 0 Å². The highest BCUT2D eigenvalue weighted by atomic mass is 16.3. The second-order valence-corrected chi connectivity index (χ2v) is 5.48. The van der Waals surface area contributed by atoms with E-state index in [9.17, 15) is 9.59 Å². The molecule has 1 aromatic carbocycles. The van der Waals surface area contributed by atoms with Crippen LogP contribution >= 0.6 is 0 Å². The predicted octanol–water partition coefficient (Wildman–Crippen LogP) is 2.87. The van der Waals surface area contributed by atoms with Crippen LogP contribution in [0.25, 0.3) is 0 Å². The molecule has 0 radical (unpaired) electrons. The van der Waals surface area contributed by atoms with Crippen molar-refractivity contribution in [3.63, 3.8) is 0 Å². The van der Waals surface area contributed by atoms with Crippen LogP contribution in [0.5, 0.6) is 0 Å². The molecule has 2 rings (SSSR count). The van der Waals surface area contributed by atoms with Gasteiger partial charge in [-0.2, -0.15) is 0 Å². The summed E-state index contributed by atoms with van der Waals surface area (Å²) in [5.74, 6) is 0.0188. The zero-order chi connectivity index (χ0) is 17.4. The van der Waals surface area contributed by atoms with E-state index in [4.69, 9.17) is 4.42 Å². The number of nitrogens with zero attached hydrogens (tertiary/aromatic N) is 2. The van der Waals surface area contributed by atoms with Crippen molar-refractivity contribution in [1.82, 2.24) is 15.2 Å². The van der Waals surface area contributed by atoms with Crippen LogP contribution in [0.3, 0.4) is 0 Å². The van der Waals surface area contributed by atoms with Crippen molar-refractivity contribution in [3.05, 3.63) is 53.7 Å². The van der Waals surface area contributed by atoms with Crippen molar-refractivity contribution in [2.24, 2.45) is 0 Å². The number of aromatic nitrogens is 1. The van der Waals surface area contributed by atoms with Gasteiger partial charge in [0.15, 0.2) is 5.69 Å². The molecule has 1 N–H and O–H groups in total. The van der Waals surface area contributed by atoms with E-state index in [2.05, 4.69) is 10.3 Å². The lowest BCUT2D eigenvalue weighted by atomic mass is 10.2. The second-order valence-electron chi connectivity index (χ2n) is 5.48. The molecule has 1 heterocycles. The largest absolute Gasteiger partial charge is 0.446 e. The monoisotopic (exact) mass is 329 g/mol. The maximum Gasteiger partial charge on any atom is 0.273 e. The summed E-state index contributed by atoms with van der Waals surface area (Å²) in [6.45, 7) is 5.41. The molecule has 0 aliphatic carbocycles. The molecule has 0 unspecified atom stereocenters. The van der Waals surface area contributed by atoms with Crippen LogP contribution in [0.4, 0.5) is 0 Å². The molecule has 1 aromatic heterocycles. The Hall–Kier alpha value is -2.63. The first-order valence-electron chi connectivity index (χ1n) is 8.22. The van der Waals surface area contributed by atoms with Crippen molar-refractivity contribution in [2.75, 3.05) is 13.1 Å². The van der Waals surface area contributed by atoms with Crippen LogP contribution in [-0.2, 0) is 6.54 Å². The van der Waals surface area contributed by atoms with Crippen molar-refractivity contribution in [3.8, 4) is 0 Å². The smallest absolute Gasteiger partial charge is 0.273 e. The number of hydrogen-bond acceptors (Lipinski definition) is 4. The average molecular weight is 329 g/mol. The van der Waals surface area contributed by atoms with E-state index in [0.717, 1.165) is 12.8 Å². The Kier molecular flexibility index (Phi) is 6.54. The van der Waals surface area contributed by atoms with Gasteiger partial charge in [0.2, 0.25) is 5.89 Å². The van der Waals surface area contributed by atoms with E-state index >= 15 is 0 Å². The Balaban J connectivity index is 2.07. The second kappa shape index (κ2) is 8.86. The van der Waals surface area contributed by atoms with Crippen LogP contribution in [0.2, 0.25) is 0 Å². The van der Waals surface area contributed by atoms with Gasteiger partial charge >= 0.3 is 0 Å². The number of oxazole rings is 1. The third-order valence-corrected chi connectivity index (χ3v) is 3.45. The van der Waals surface area contributed by atoms with E-state index in [-0.39, 0.29) is 24.1 Å². The number of rotatable bonds is 8. The van der Waals surface area contributed by atoms with Gasteiger partial charge in [-0.1, -0.05) is 32.0 Å². The summed E-state index contributed by atoms with van der Waals surface area (Å²) in [5.41, 5.74) is 0.862. The number of nitrogens with one attached hydrogen (secondary N) is 1. The number of amides is 2. The Morgan fingerprint density at radius 2 is 1.92 bits per heavy atom. The Morgan fingerprint density at radius 1 is 1.17 bits per heavy atom. The number of hydrogen-bond donors (Lipinski definition) is 1. The number of benzene rings is 1. The fraction of sp³-hybridized carbons (Fsp3) is 0.389. The van der Waals surface area contributed by atoms with Gasteiger partial charge in [0, 0.05) is 18.7 Å². The summed E-state index contributed by atoms with van der Waals surface area (Å²) in [6, 6.07) is 9.10. The van der Waals surface area contributed by atoms with E-state index in [0.29, 0.717) is 24.5 Å². The minimum Gasteiger partial charge on any atom is -0.446 e. The molecule has 6 nitrogen and oxygen atoms in total. The van der Waals surface area contributed by atoms with Gasteiger partial charge in [0.25, 0.3) is 11.8 Å². The first-order chi connectivity index (χ1) is 11.7. The molecule has 128 valence electrons. The fourth-order valence-corrected chi connectivity index (χ4v) is 2.27. The molecule has 2 aromatic rings. The highest BCUT2D eigenvalue weighted by Crippen LogP contribution is 2.11. The number of carbonyl (C=O) groups excluding carboxylic acids is 2. The Labute approximate surface area is 141 Å². The lowest BCUT2D eigenvalue weighted by Crippen LogP contribution is -2.31. The fourth-order valence-electron chi connectivity index (χ4n) is 2.27. The lowest BCUT2D eigenvalue weighted by Gasteiger charge is -2.20. The van der Waals surface area contributed by atoms with Gasteiger partial charge < -0.3 is 14.6 Å². The highest BCUT2D eigenvalue weighted by molar-refractivity contribution is 5.94. The van der Waals surface area contributed by atoms with Crippen LogP contribution in [0, 0.1) is 0 Å². The van der Waals surface area contributed by atoms with Crippen LogP contribution in [0.15, 0.2) is 41.0 Å². The zero-order valence-corrected chi connectivity index (χ0v) is 14.1.